The van der Waals surface area contributed by atoms with Crippen molar-refractivity contribution < 1.29 is 4.74 Å². The molecule has 0 bridgehead atoms. The van der Waals surface area contributed by atoms with Crippen LogP contribution in [0.3, 0.4) is 0 Å². The summed E-state index contributed by atoms with van der Waals surface area (Å²) in [6.07, 6.45) is 0. The number of benzene rings is 1. The zero-order chi connectivity index (χ0) is 12.0. The Morgan fingerprint density at radius 2 is 2.31 bits per heavy atom. The van der Waals surface area contributed by atoms with Gasteiger partial charge in [-0.15, -0.1) is 0 Å². The Balaban J connectivity index is 2.93. The molecule has 1 aromatic rings. The highest BCUT2D eigenvalue weighted by Crippen LogP contribution is 2.28. The van der Waals surface area contributed by atoms with Crippen LogP contribution in [0.15, 0.2) is 22.7 Å². The predicted molar refractivity (Wildman–Crippen MR) is 67.3 cm³/mol. The van der Waals surface area contributed by atoms with Gasteiger partial charge in [0.25, 0.3) is 0 Å². The Labute approximate surface area is 105 Å². The molecule has 4 heteroatoms. The number of nitrogens with one attached hydrogen (secondary N) is 1. The molecule has 1 aromatic carbocycles. The highest BCUT2D eigenvalue weighted by atomic mass is 79.9. The Morgan fingerprint density at radius 3 is 2.94 bits per heavy atom. The molecule has 0 saturated carbocycles. The number of hydrogen-bond donors (Lipinski definition) is 1. The first-order chi connectivity index (χ1) is 7.69. The second kappa shape index (κ2) is 6.51. The third kappa shape index (κ3) is 3.51. The normalized spacial score (nSPS) is 11.9. The van der Waals surface area contributed by atoms with Crippen LogP contribution in [0.4, 0.5) is 0 Å². The number of ether oxygens (including phenoxy) is 1. The fourth-order valence-corrected chi connectivity index (χ4v) is 1.89. The highest BCUT2D eigenvalue weighted by molar-refractivity contribution is 9.10. The van der Waals surface area contributed by atoms with Gasteiger partial charge in [-0.2, -0.15) is 5.26 Å². The van der Waals surface area contributed by atoms with Crippen LogP contribution < -0.4 is 10.1 Å². The molecular weight excluding hydrogens is 268 g/mol. The molecule has 0 aliphatic heterocycles. The number of nitriles is 1. The number of halogens is 1. The maximum absolute atomic E-state index is 8.52. The molecule has 0 aliphatic carbocycles. The van der Waals surface area contributed by atoms with Crippen LogP contribution in [0.2, 0.25) is 0 Å². The number of nitrogens with zero attached hydrogens (tertiary/aromatic N) is 1. The summed E-state index contributed by atoms with van der Waals surface area (Å²) >= 11 is 3.44. The van der Waals surface area contributed by atoms with E-state index in [2.05, 4.69) is 35.1 Å². The molecule has 1 N–H and O–H groups in total. The molecule has 86 valence electrons. The fourth-order valence-electron chi connectivity index (χ4n) is 1.52. The standard InChI is InChI=1S/C12H15BrN2O/c1-3-15-9(2)11-8-10(13)4-5-12(11)16-7-6-14/h4-5,8-9,15H,3,7H2,1-2H3. The van der Waals surface area contributed by atoms with Gasteiger partial charge in [-0.25, -0.2) is 0 Å². The minimum absolute atomic E-state index is 0.0769. The van der Waals surface area contributed by atoms with Gasteiger partial charge in [-0.3, -0.25) is 0 Å². The van der Waals surface area contributed by atoms with Gasteiger partial charge in [0.2, 0.25) is 0 Å². The molecule has 3 nitrogen and oxygen atoms in total. The van der Waals surface area contributed by atoms with Crippen LogP contribution in [-0.4, -0.2) is 13.2 Å². The molecule has 1 atom stereocenters. The third-order valence-corrected chi connectivity index (χ3v) is 2.73. The van der Waals surface area contributed by atoms with E-state index in [1.165, 1.54) is 0 Å². The molecule has 0 aromatic heterocycles. The lowest BCUT2D eigenvalue weighted by atomic mass is 10.1. The van der Waals surface area contributed by atoms with Crippen LogP contribution in [0.5, 0.6) is 5.75 Å². The summed E-state index contributed by atoms with van der Waals surface area (Å²) in [5.74, 6) is 0.762. The van der Waals surface area contributed by atoms with Gasteiger partial charge in [-0.05, 0) is 31.7 Å². The zero-order valence-electron chi connectivity index (χ0n) is 9.46. The molecule has 1 rings (SSSR count). The summed E-state index contributed by atoms with van der Waals surface area (Å²) in [5, 5.41) is 11.8. The maximum Gasteiger partial charge on any atom is 0.174 e. The molecule has 0 heterocycles. The second-order valence-electron chi connectivity index (χ2n) is 3.41. The van der Waals surface area contributed by atoms with E-state index in [0.717, 1.165) is 22.3 Å². The van der Waals surface area contributed by atoms with E-state index < -0.39 is 0 Å². The van der Waals surface area contributed by atoms with E-state index in [-0.39, 0.29) is 12.6 Å². The molecule has 0 saturated heterocycles. The molecule has 16 heavy (non-hydrogen) atoms. The van der Waals surface area contributed by atoms with Crippen LogP contribution in [0, 0.1) is 11.3 Å². The summed E-state index contributed by atoms with van der Waals surface area (Å²) < 4.78 is 6.40. The summed E-state index contributed by atoms with van der Waals surface area (Å²) in [6.45, 7) is 5.10. The molecule has 0 spiro atoms. The molecular formula is C12H15BrN2O. The van der Waals surface area contributed by atoms with Crippen molar-refractivity contribution in [2.24, 2.45) is 0 Å². The Bertz CT molecular complexity index is 387. The van der Waals surface area contributed by atoms with E-state index in [9.17, 15) is 0 Å². The van der Waals surface area contributed by atoms with Gasteiger partial charge in [0.1, 0.15) is 11.8 Å². The minimum atomic E-state index is 0.0769. The topological polar surface area (TPSA) is 45.0 Å². The smallest absolute Gasteiger partial charge is 0.174 e. The van der Waals surface area contributed by atoms with E-state index in [1.807, 2.05) is 24.3 Å². The lowest BCUT2D eigenvalue weighted by Gasteiger charge is -2.17. The SMILES string of the molecule is CCNC(C)c1cc(Br)ccc1OCC#N. The van der Waals surface area contributed by atoms with E-state index in [1.54, 1.807) is 0 Å². The second-order valence-corrected chi connectivity index (χ2v) is 4.32. The Morgan fingerprint density at radius 1 is 1.56 bits per heavy atom. The molecule has 0 radical (unpaired) electrons. The van der Waals surface area contributed by atoms with Crippen molar-refractivity contribution in [3.05, 3.63) is 28.2 Å². The first-order valence-corrected chi connectivity index (χ1v) is 6.01. The predicted octanol–water partition coefficient (Wildman–Crippen LogP) is 3.02. The largest absolute Gasteiger partial charge is 0.478 e. The van der Waals surface area contributed by atoms with Gasteiger partial charge in [0.05, 0.1) is 0 Å². The summed E-state index contributed by atoms with van der Waals surface area (Å²) in [6, 6.07) is 7.98. The molecule has 0 fully saturated rings. The summed E-state index contributed by atoms with van der Waals surface area (Å²) in [4.78, 5) is 0. The van der Waals surface area contributed by atoms with Crippen molar-refractivity contribution in [3.8, 4) is 11.8 Å². The summed E-state index contributed by atoms with van der Waals surface area (Å²) in [5.41, 5.74) is 1.06. The zero-order valence-corrected chi connectivity index (χ0v) is 11.0. The van der Waals surface area contributed by atoms with Gasteiger partial charge < -0.3 is 10.1 Å². The van der Waals surface area contributed by atoms with Gasteiger partial charge in [-0.1, -0.05) is 22.9 Å². The van der Waals surface area contributed by atoms with Crippen molar-refractivity contribution in [2.45, 2.75) is 19.9 Å². The first-order valence-electron chi connectivity index (χ1n) is 5.21. The number of hydrogen-bond acceptors (Lipinski definition) is 3. The van der Waals surface area contributed by atoms with Crippen molar-refractivity contribution in [3.63, 3.8) is 0 Å². The van der Waals surface area contributed by atoms with Gasteiger partial charge in [0, 0.05) is 16.1 Å². The van der Waals surface area contributed by atoms with Crippen LogP contribution >= 0.6 is 15.9 Å². The third-order valence-electron chi connectivity index (χ3n) is 2.24. The van der Waals surface area contributed by atoms with Crippen LogP contribution in [0.1, 0.15) is 25.5 Å². The molecule has 1 unspecified atom stereocenters. The highest BCUT2D eigenvalue weighted by Gasteiger charge is 2.11. The average molecular weight is 283 g/mol. The summed E-state index contributed by atoms with van der Waals surface area (Å²) in [7, 11) is 0. The lowest BCUT2D eigenvalue weighted by molar-refractivity contribution is 0.359. The van der Waals surface area contributed by atoms with Crippen molar-refractivity contribution in [1.82, 2.24) is 5.32 Å². The Kier molecular flexibility index (Phi) is 5.30. The van der Waals surface area contributed by atoms with E-state index in [4.69, 9.17) is 10.00 Å². The van der Waals surface area contributed by atoms with Crippen molar-refractivity contribution in [1.29, 1.82) is 5.26 Å². The minimum Gasteiger partial charge on any atom is -0.478 e. The van der Waals surface area contributed by atoms with Crippen LogP contribution in [-0.2, 0) is 0 Å². The quantitative estimate of drug-likeness (QED) is 0.903. The van der Waals surface area contributed by atoms with E-state index >= 15 is 0 Å². The van der Waals surface area contributed by atoms with Crippen molar-refractivity contribution in [2.75, 3.05) is 13.2 Å². The lowest BCUT2D eigenvalue weighted by Crippen LogP contribution is -2.18. The molecule has 0 aliphatic rings. The van der Waals surface area contributed by atoms with Crippen LogP contribution in [0.25, 0.3) is 0 Å². The molecule has 0 amide bonds. The van der Waals surface area contributed by atoms with Crippen molar-refractivity contribution >= 4 is 15.9 Å². The number of rotatable bonds is 5. The van der Waals surface area contributed by atoms with Gasteiger partial charge >= 0.3 is 0 Å². The maximum atomic E-state index is 8.52. The Hall–Kier alpha value is -1.05. The van der Waals surface area contributed by atoms with Gasteiger partial charge in [0.15, 0.2) is 6.61 Å². The fraction of sp³-hybridized carbons (Fsp3) is 0.417. The first kappa shape index (κ1) is 13.0. The average Bonchev–Trinajstić information content (AvgIpc) is 2.27. The monoisotopic (exact) mass is 282 g/mol. The van der Waals surface area contributed by atoms with E-state index in [0.29, 0.717) is 0 Å².